The largest absolute Gasteiger partial charge is 0.391 e. The molecule has 0 saturated carbocycles. The number of quaternary nitrogens is 1. The first-order valence-electron chi connectivity index (χ1n) is 9.66. The molecule has 0 spiro atoms. The van der Waals surface area contributed by atoms with E-state index in [2.05, 4.69) is 20.8 Å². The van der Waals surface area contributed by atoms with Gasteiger partial charge in [-0.15, -0.1) is 0 Å². The van der Waals surface area contributed by atoms with Crippen molar-refractivity contribution in [2.75, 3.05) is 32.8 Å². The molecular formula is C19H42NO2+. The Morgan fingerprint density at radius 3 is 1.55 bits per heavy atom. The fraction of sp³-hybridized carbons (Fsp3) is 1.00. The van der Waals surface area contributed by atoms with E-state index >= 15 is 0 Å². The molecular weight excluding hydrogens is 274 g/mol. The van der Waals surface area contributed by atoms with Crippen molar-refractivity contribution in [1.82, 2.24) is 0 Å². The van der Waals surface area contributed by atoms with Crippen LogP contribution in [-0.4, -0.2) is 54.6 Å². The van der Waals surface area contributed by atoms with Crippen LogP contribution >= 0.6 is 0 Å². The van der Waals surface area contributed by atoms with Gasteiger partial charge < -0.3 is 14.3 Å². The van der Waals surface area contributed by atoms with Gasteiger partial charge in [-0.05, 0) is 33.1 Å². The summed E-state index contributed by atoms with van der Waals surface area (Å²) < 4.78 is 7.03. The number of aliphatic hydroxyl groups excluding tert-OH is 1. The number of rotatable bonds is 15. The van der Waals surface area contributed by atoms with E-state index < -0.39 is 0 Å². The highest BCUT2D eigenvalue weighted by Crippen LogP contribution is 2.16. The summed E-state index contributed by atoms with van der Waals surface area (Å²) in [6.07, 6.45) is 8.53. The fourth-order valence-electron chi connectivity index (χ4n) is 2.96. The second-order valence-electron chi connectivity index (χ2n) is 6.97. The Labute approximate surface area is 139 Å². The Balaban J connectivity index is 4.44. The normalized spacial score (nSPS) is 15.0. The average Bonchev–Trinajstić information content (AvgIpc) is 2.52. The quantitative estimate of drug-likeness (QED) is 0.359. The second kappa shape index (κ2) is 13.3. The molecule has 3 heteroatoms. The maximum absolute atomic E-state index is 9.50. The zero-order valence-corrected chi connectivity index (χ0v) is 15.9. The van der Waals surface area contributed by atoms with Gasteiger partial charge in [0.25, 0.3) is 0 Å². The van der Waals surface area contributed by atoms with Gasteiger partial charge in [0, 0.05) is 6.42 Å². The standard InChI is InChI=1S/C19H42NO2/c1-6-9-13-20(14-10-7-2,15-11-8-3)16-12-17-22-19(5)18(4)21/h18-19,21H,6-17H2,1-5H3/q+1. The molecule has 0 heterocycles. The monoisotopic (exact) mass is 316 g/mol. The first-order chi connectivity index (χ1) is 10.5. The van der Waals surface area contributed by atoms with Gasteiger partial charge in [0.15, 0.2) is 0 Å². The predicted molar refractivity (Wildman–Crippen MR) is 96.2 cm³/mol. The van der Waals surface area contributed by atoms with Gasteiger partial charge in [-0.1, -0.05) is 40.0 Å². The summed E-state index contributed by atoms with van der Waals surface area (Å²) in [5.74, 6) is 0. The molecule has 22 heavy (non-hydrogen) atoms. The molecule has 0 saturated heterocycles. The Hall–Kier alpha value is -0.120. The van der Waals surface area contributed by atoms with Gasteiger partial charge in [-0.2, -0.15) is 0 Å². The van der Waals surface area contributed by atoms with E-state index in [1.54, 1.807) is 6.92 Å². The third-order valence-corrected chi connectivity index (χ3v) is 4.79. The molecule has 3 nitrogen and oxygen atoms in total. The van der Waals surface area contributed by atoms with Crippen molar-refractivity contribution in [2.24, 2.45) is 0 Å². The first-order valence-corrected chi connectivity index (χ1v) is 9.66. The van der Waals surface area contributed by atoms with Gasteiger partial charge in [0.2, 0.25) is 0 Å². The third kappa shape index (κ3) is 9.81. The lowest BCUT2D eigenvalue weighted by Crippen LogP contribution is -2.51. The van der Waals surface area contributed by atoms with E-state index in [0.29, 0.717) is 0 Å². The highest BCUT2D eigenvalue weighted by Gasteiger charge is 2.25. The van der Waals surface area contributed by atoms with Crippen LogP contribution in [0.5, 0.6) is 0 Å². The van der Waals surface area contributed by atoms with E-state index in [1.165, 1.54) is 69.2 Å². The van der Waals surface area contributed by atoms with Crippen LogP contribution in [0.4, 0.5) is 0 Å². The maximum Gasteiger partial charge on any atom is 0.0808 e. The SMILES string of the molecule is CCCC[N+](CCCC)(CCCC)CCCOC(C)C(C)O. The van der Waals surface area contributed by atoms with Crippen LogP contribution in [0.15, 0.2) is 0 Å². The summed E-state index contributed by atoms with van der Waals surface area (Å²) in [6.45, 7) is 16.6. The van der Waals surface area contributed by atoms with Crippen molar-refractivity contribution < 1.29 is 14.3 Å². The zero-order valence-electron chi connectivity index (χ0n) is 15.9. The van der Waals surface area contributed by atoms with Crippen LogP contribution in [0.25, 0.3) is 0 Å². The second-order valence-corrected chi connectivity index (χ2v) is 6.97. The Morgan fingerprint density at radius 2 is 1.18 bits per heavy atom. The van der Waals surface area contributed by atoms with Crippen molar-refractivity contribution in [2.45, 2.75) is 91.8 Å². The van der Waals surface area contributed by atoms with Crippen LogP contribution < -0.4 is 0 Å². The van der Waals surface area contributed by atoms with Gasteiger partial charge in [-0.25, -0.2) is 0 Å². The molecule has 0 radical (unpaired) electrons. The molecule has 0 aromatic rings. The van der Waals surface area contributed by atoms with Crippen molar-refractivity contribution in [1.29, 1.82) is 0 Å². The third-order valence-electron chi connectivity index (χ3n) is 4.79. The summed E-state index contributed by atoms with van der Waals surface area (Å²) in [7, 11) is 0. The van der Waals surface area contributed by atoms with Crippen LogP contribution in [0, 0.1) is 0 Å². The summed E-state index contributed by atoms with van der Waals surface area (Å²) in [6, 6.07) is 0. The summed E-state index contributed by atoms with van der Waals surface area (Å²) in [5, 5.41) is 9.50. The van der Waals surface area contributed by atoms with E-state index in [4.69, 9.17) is 4.74 Å². The van der Waals surface area contributed by atoms with E-state index in [0.717, 1.165) is 13.0 Å². The summed E-state index contributed by atoms with van der Waals surface area (Å²) in [5.41, 5.74) is 0. The molecule has 0 amide bonds. The Morgan fingerprint density at radius 1 is 0.773 bits per heavy atom. The molecule has 134 valence electrons. The minimum absolute atomic E-state index is 0.0520. The molecule has 2 unspecified atom stereocenters. The molecule has 0 fully saturated rings. The summed E-state index contributed by atoms with van der Waals surface area (Å²) >= 11 is 0. The highest BCUT2D eigenvalue weighted by molar-refractivity contribution is 4.57. The van der Waals surface area contributed by atoms with Gasteiger partial charge in [-0.3, -0.25) is 0 Å². The molecule has 0 aliphatic heterocycles. The van der Waals surface area contributed by atoms with E-state index in [1.807, 2.05) is 6.92 Å². The molecule has 1 N–H and O–H groups in total. The lowest BCUT2D eigenvalue weighted by atomic mass is 10.1. The molecule has 0 aromatic heterocycles. The number of hydrogen-bond donors (Lipinski definition) is 1. The molecule has 0 bridgehead atoms. The number of hydrogen-bond acceptors (Lipinski definition) is 2. The number of ether oxygens (including phenoxy) is 1. The van der Waals surface area contributed by atoms with Gasteiger partial charge in [0.1, 0.15) is 0 Å². The van der Waals surface area contributed by atoms with E-state index in [9.17, 15) is 5.11 Å². The minimum Gasteiger partial charge on any atom is -0.391 e. The van der Waals surface area contributed by atoms with Crippen LogP contribution in [0.3, 0.4) is 0 Å². The lowest BCUT2D eigenvalue weighted by Gasteiger charge is -2.39. The molecule has 0 aliphatic carbocycles. The zero-order chi connectivity index (χ0) is 16.8. The smallest absolute Gasteiger partial charge is 0.0808 e. The molecule has 0 aromatic carbocycles. The van der Waals surface area contributed by atoms with Crippen LogP contribution in [0.1, 0.15) is 79.6 Å². The van der Waals surface area contributed by atoms with Gasteiger partial charge in [0.05, 0.1) is 45.0 Å². The van der Waals surface area contributed by atoms with E-state index in [-0.39, 0.29) is 12.2 Å². The van der Waals surface area contributed by atoms with Crippen molar-refractivity contribution >= 4 is 0 Å². The van der Waals surface area contributed by atoms with Crippen molar-refractivity contribution in [3.63, 3.8) is 0 Å². The molecule has 0 rings (SSSR count). The lowest BCUT2D eigenvalue weighted by molar-refractivity contribution is -0.929. The molecule has 0 aliphatic rings. The topological polar surface area (TPSA) is 29.5 Å². The fourth-order valence-corrected chi connectivity index (χ4v) is 2.96. The summed E-state index contributed by atoms with van der Waals surface area (Å²) in [4.78, 5) is 0. The average molecular weight is 317 g/mol. The number of aliphatic hydroxyl groups is 1. The first kappa shape index (κ1) is 21.9. The van der Waals surface area contributed by atoms with Crippen LogP contribution in [-0.2, 0) is 4.74 Å². The van der Waals surface area contributed by atoms with Crippen LogP contribution in [0.2, 0.25) is 0 Å². The maximum atomic E-state index is 9.50. The highest BCUT2D eigenvalue weighted by atomic mass is 16.5. The van der Waals surface area contributed by atoms with Crippen molar-refractivity contribution in [3.05, 3.63) is 0 Å². The minimum atomic E-state index is -0.375. The number of unbranched alkanes of at least 4 members (excludes halogenated alkanes) is 3. The number of nitrogens with zero attached hydrogens (tertiary/aromatic N) is 1. The Bertz CT molecular complexity index is 222. The van der Waals surface area contributed by atoms with Crippen molar-refractivity contribution in [3.8, 4) is 0 Å². The predicted octanol–water partition coefficient (Wildman–Crippen LogP) is 4.38. The Kier molecular flexibility index (Phi) is 13.3. The van der Waals surface area contributed by atoms with Gasteiger partial charge >= 0.3 is 0 Å². The molecule has 2 atom stereocenters.